The average Bonchev–Trinajstić information content (AvgIpc) is 2.76. The molecule has 0 aliphatic heterocycles. The normalized spacial score (nSPS) is 10.3. The molecule has 94 valence electrons. The van der Waals surface area contributed by atoms with Crippen LogP contribution in [-0.4, -0.2) is 15.9 Å². The number of carbonyl (C=O) groups excluding carboxylic acids is 1. The summed E-state index contributed by atoms with van der Waals surface area (Å²) in [6.45, 7) is 1.88. The number of aromatic nitrogens is 2. The Kier molecular flexibility index (Phi) is 4.28. The maximum Gasteiger partial charge on any atom is 0.232 e. The minimum absolute atomic E-state index is 0.122. The average molecular weight is 282 g/mol. The first kappa shape index (κ1) is 13.0. The van der Waals surface area contributed by atoms with Gasteiger partial charge in [-0.3, -0.25) is 4.79 Å². The van der Waals surface area contributed by atoms with Crippen molar-refractivity contribution in [3.63, 3.8) is 0 Å². The Morgan fingerprint density at radius 2 is 2.28 bits per heavy atom. The van der Waals surface area contributed by atoms with Crippen molar-refractivity contribution >= 4 is 34.7 Å². The molecule has 1 amide bonds. The largest absolute Gasteiger partial charge is 0.310 e. The Balaban J connectivity index is 1.96. The van der Waals surface area contributed by atoms with Crippen molar-refractivity contribution in [2.45, 2.75) is 19.2 Å². The van der Waals surface area contributed by atoms with Gasteiger partial charge in [-0.05, 0) is 19.1 Å². The third-order valence-corrected chi connectivity index (χ3v) is 3.38. The Morgan fingerprint density at radius 3 is 2.94 bits per heavy atom. The molecule has 0 atom stereocenters. The molecule has 0 saturated heterocycles. The number of nitrogens with zero attached hydrogens (tertiary/aromatic N) is 2. The first-order chi connectivity index (χ1) is 8.67. The van der Waals surface area contributed by atoms with E-state index in [0.717, 1.165) is 16.4 Å². The van der Waals surface area contributed by atoms with Crippen molar-refractivity contribution in [1.29, 1.82) is 0 Å². The Labute approximate surface area is 114 Å². The Morgan fingerprint density at radius 1 is 1.44 bits per heavy atom. The van der Waals surface area contributed by atoms with Gasteiger partial charge in [-0.1, -0.05) is 6.07 Å². The van der Waals surface area contributed by atoms with Crippen LogP contribution in [0.2, 0.25) is 0 Å². The third-order valence-electron chi connectivity index (χ3n) is 2.20. The molecule has 0 bridgehead atoms. The van der Waals surface area contributed by atoms with Crippen molar-refractivity contribution in [3.8, 4) is 0 Å². The summed E-state index contributed by atoms with van der Waals surface area (Å²) in [5, 5.41) is 5.36. The van der Waals surface area contributed by atoms with Gasteiger partial charge < -0.3 is 5.32 Å². The van der Waals surface area contributed by atoms with Gasteiger partial charge in [-0.15, -0.1) is 22.9 Å². The Bertz CT molecular complexity index is 556. The number of halogens is 1. The van der Waals surface area contributed by atoms with Crippen LogP contribution in [0.1, 0.15) is 16.4 Å². The number of alkyl halides is 1. The van der Waals surface area contributed by atoms with Crippen LogP contribution in [0.25, 0.3) is 0 Å². The molecule has 0 aliphatic carbocycles. The van der Waals surface area contributed by atoms with Crippen LogP contribution in [0.5, 0.6) is 0 Å². The molecule has 0 fully saturated rings. The molecule has 2 rings (SSSR count). The number of pyridine rings is 1. The fraction of sp³-hybridized carbons (Fsp3) is 0.250. The van der Waals surface area contributed by atoms with Gasteiger partial charge in [0.05, 0.1) is 18.0 Å². The minimum atomic E-state index is -0.122. The minimum Gasteiger partial charge on any atom is -0.310 e. The quantitative estimate of drug-likeness (QED) is 0.877. The predicted molar refractivity (Wildman–Crippen MR) is 73.0 cm³/mol. The Hall–Kier alpha value is -1.46. The van der Waals surface area contributed by atoms with Crippen LogP contribution in [-0.2, 0) is 17.1 Å². The molecule has 4 nitrogen and oxygen atoms in total. The number of aryl methyl sites for hydroxylation is 1. The summed E-state index contributed by atoms with van der Waals surface area (Å²) in [7, 11) is 0. The van der Waals surface area contributed by atoms with Crippen LogP contribution in [0.15, 0.2) is 23.6 Å². The molecule has 0 aromatic carbocycles. The number of hydrogen-bond acceptors (Lipinski definition) is 4. The third kappa shape index (κ3) is 3.51. The molecule has 2 aromatic rings. The molecule has 2 aromatic heterocycles. The molecule has 2 heterocycles. The zero-order chi connectivity index (χ0) is 13.0. The van der Waals surface area contributed by atoms with Crippen molar-refractivity contribution in [1.82, 2.24) is 9.97 Å². The summed E-state index contributed by atoms with van der Waals surface area (Å²) >= 11 is 7.10. The molecule has 18 heavy (non-hydrogen) atoms. The van der Waals surface area contributed by atoms with Crippen LogP contribution in [0.4, 0.5) is 5.82 Å². The van der Waals surface area contributed by atoms with Crippen molar-refractivity contribution < 1.29 is 4.79 Å². The van der Waals surface area contributed by atoms with E-state index in [1.807, 2.05) is 24.4 Å². The monoisotopic (exact) mass is 281 g/mol. The maximum absolute atomic E-state index is 11.8. The smallest absolute Gasteiger partial charge is 0.232 e. The van der Waals surface area contributed by atoms with Gasteiger partial charge in [0.1, 0.15) is 10.8 Å². The molecule has 0 aliphatic rings. The molecule has 6 heteroatoms. The number of carbonyl (C=O) groups is 1. The van der Waals surface area contributed by atoms with Gasteiger partial charge in [0.2, 0.25) is 5.91 Å². The van der Waals surface area contributed by atoms with Gasteiger partial charge in [-0.25, -0.2) is 9.97 Å². The molecular formula is C12H12ClN3OS. The van der Waals surface area contributed by atoms with Crippen LogP contribution >= 0.6 is 22.9 Å². The number of rotatable bonds is 4. The van der Waals surface area contributed by atoms with E-state index in [1.165, 1.54) is 11.3 Å². The summed E-state index contributed by atoms with van der Waals surface area (Å²) in [4.78, 5) is 20.2. The zero-order valence-electron chi connectivity index (χ0n) is 9.81. The lowest BCUT2D eigenvalue weighted by atomic mass is 10.3. The molecule has 0 spiro atoms. The fourth-order valence-electron chi connectivity index (χ4n) is 1.43. The van der Waals surface area contributed by atoms with Crippen molar-refractivity contribution in [2.24, 2.45) is 0 Å². The number of nitrogens with one attached hydrogen (secondary N) is 1. The highest BCUT2D eigenvalue weighted by Gasteiger charge is 2.08. The summed E-state index contributed by atoms with van der Waals surface area (Å²) in [5.74, 6) is 0.815. The first-order valence-corrected chi connectivity index (χ1v) is 6.81. The maximum atomic E-state index is 11.8. The lowest BCUT2D eigenvalue weighted by Gasteiger charge is -2.03. The lowest BCUT2D eigenvalue weighted by Crippen LogP contribution is -2.15. The topological polar surface area (TPSA) is 54.9 Å². The standard InChI is InChI=1S/C12H12ClN3OS/c1-8-3-2-4-10(14-8)16-11(17)5-12-15-9(6-13)7-18-12/h2-4,7H,5-6H2,1H3,(H,14,16,17). The second-order valence-corrected chi connectivity index (χ2v) is 4.97. The van der Waals surface area contributed by atoms with Crippen LogP contribution < -0.4 is 5.32 Å². The van der Waals surface area contributed by atoms with Crippen LogP contribution in [0, 0.1) is 6.92 Å². The number of anilines is 1. The van der Waals surface area contributed by atoms with Crippen molar-refractivity contribution in [3.05, 3.63) is 40.0 Å². The predicted octanol–water partition coefficient (Wildman–Crippen LogP) is 2.77. The molecule has 0 unspecified atom stereocenters. The number of amides is 1. The van der Waals surface area contributed by atoms with E-state index in [0.29, 0.717) is 11.7 Å². The highest BCUT2D eigenvalue weighted by atomic mass is 35.5. The van der Waals surface area contributed by atoms with Gasteiger partial charge in [0.15, 0.2) is 0 Å². The second kappa shape index (κ2) is 5.93. The summed E-state index contributed by atoms with van der Waals surface area (Å²) < 4.78 is 0. The second-order valence-electron chi connectivity index (χ2n) is 3.76. The van der Waals surface area contributed by atoms with E-state index >= 15 is 0 Å². The van der Waals surface area contributed by atoms with E-state index < -0.39 is 0 Å². The van der Waals surface area contributed by atoms with E-state index in [1.54, 1.807) is 6.07 Å². The summed E-state index contributed by atoms with van der Waals surface area (Å²) in [6, 6.07) is 5.49. The van der Waals surface area contributed by atoms with E-state index in [9.17, 15) is 4.79 Å². The summed E-state index contributed by atoms with van der Waals surface area (Å²) in [6.07, 6.45) is 0.247. The van der Waals surface area contributed by atoms with Gasteiger partial charge >= 0.3 is 0 Å². The van der Waals surface area contributed by atoms with Gasteiger partial charge in [-0.2, -0.15) is 0 Å². The number of hydrogen-bond donors (Lipinski definition) is 1. The van der Waals surface area contributed by atoms with Gasteiger partial charge in [0, 0.05) is 11.1 Å². The lowest BCUT2D eigenvalue weighted by molar-refractivity contribution is -0.115. The molecule has 0 saturated carbocycles. The first-order valence-electron chi connectivity index (χ1n) is 5.40. The zero-order valence-corrected chi connectivity index (χ0v) is 11.4. The molecular weight excluding hydrogens is 270 g/mol. The summed E-state index contributed by atoms with van der Waals surface area (Å²) in [5.41, 5.74) is 1.67. The molecule has 1 N–H and O–H groups in total. The highest BCUT2D eigenvalue weighted by Crippen LogP contribution is 2.13. The SMILES string of the molecule is Cc1cccc(NC(=O)Cc2nc(CCl)cs2)n1. The van der Waals surface area contributed by atoms with E-state index in [4.69, 9.17) is 11.6 Å². The highest BCUT2D eigenvalue weighted by molar-refractivity contribution is 7.09. The van der Waals surface area contributed by atoms with E-state index in [2.05, 4.69) is 15.3 Å². The molecule has 0 radical (unpaired) electrons. The van der Waals surface area contributed by atoms with Crippen molar-refractivity contribution in [2.75, 3.05) is 5.32 Å². The van der Waals surface area contributed by atoms with Crippen LogP contribution in [0.3, 0.4) is 0 Å². The van der Waals surface area contributed by atoms with Gasteiger partial charge in [0.25, 0.3) is 0 Å². The van der Waals surface area contributed by atoms with E-state index in [-0.39, 0.29) is 12.3 Å². The number of thiazole rings is 1. The fourth-order valence-corrected chi connectivity index (χ4v) is 2.45.